The quantitative estimate of drug-likeness (QED) is 0.727. The average Bonchev–Trinajstić information content (AvgIpc) is 2.18. The van der Waals surface area contributed by atoms with Crippen molar-refractivity contribution in [3.8, 4) is 11.9 Å². The number of ether oxygens (including phenoxy) is 1. The summed E-state index contributed by atoms with van der Waals surface area (Å²) in [6, 6.07) is 3.60. The average molecular weight is 191 g/mol. The standard InChI is InChI=1S/C10H13N3O/c1-8(2)4-6-14-10-9(7-11)3-5-12-13-10/h3,5,8H,4,6H2,1-2H3. The Morgan fingerprint density at radius 2 is 2.36 bits per heavy atom. The second kappa shape index (κ2) is 5.18. The summed E-state index contributed by atoms with van der Waals surface area (Å²) in [6.07, 6.45) is 2.43. The molecule has 0 aliphatic rings. The van der Waals surface area contributed by atoms with Gasteiger partial charge in [0.2, 0.25) is 0 Å². The van der Waals surface area contributed by atoms with Crippen molar-refractivity contribution in [2.45, 2.75) is 20.3 Å². The number of rotatable bonds is 4. The summed E-state index contributed by atoms with van der Waals surface area (Å²) in [5.41, 5.74) is 0.434. The van der Waals surface area contributed by atoms with E-state index in [2.05, 4.69) is 24.0 Å². The zero-order valence-corrected chi connectivity index (χ0v) is 8.40. The van der Waals surface area contributed by atoms with Gasteiger partial charge in [0.15, 0.2) is 0 Å². The first kappa shape index (κ1) is 10.5. The molecule has 14 heavy (non-hydrogen) atoms. The third-order valence-corrected chi connectivity index (χ3v) is 1.74. The normalized spacial score (nSPS) is 9.86. The van der Waals surface area contributed by atoms with Crippen molar-refractivity contribution in [2.24, 2.45) is 5.92 Å². The minimum Gasteiger partial charge on any atom is -0.476 e. The first-order valence-corrected chi connectivity index (χ1v) is 4.58. The van der Waals surface area contributed by atoms with E-state index in [1.54, 1.807) is 6.07 Å². The van der Waals surface area contributed by atoms with Gasteiger partial charge in [-0.05, 0) is 18.4 Å². The van der Waals surface area contributed by atoms with Gasteiger partial charge in [0.05, 0.1) is 12.8 Å². The fraction of sp³-hybridized carbons (Fsp3) is 0.500. The second-order valence-electron chi connectivity index (χ2n) is 3.39. The van der Waals surface area contributed by atoms with Crippen LogP contribution in [0.3, 0.4) is 0 Å². The largest absolute Gasteiger partial charge is 0.476 e. The van der Waals surface area contributed by atoms with E-state index in [4.69, 9.17) is 10.00 Å². The van der Waals surface area contributed by atoms with E-state index < -0.39 is 0 Å². The Morgan fingerprint density at radius 1 is 1.57 bits per heavy atom. The predicted molar refractivity (Wildman–Crippen MR) is 51.7 cm³/mol. The minimum absolute atomic E-state index is 0.329. The first-order valence-electron chi connectivity index (χ1n) is 4.58. The van der Waals surface area contributed by atoms with Gasteiger partial charge in [-0.3, -0.25) is 0 Å². The van der Waals surface area contributed by atoms with Gasteiger partial charge in [0.1, 0.15) is 11.6 Å². The topological polar surface area (TPSA) is 58.8 Å². The molecule has 4 heteroatoms. The van der Waals surface area contributed by atoms with E-state index in [1.165, 1.54) is 6.20 Å². The fourth-order valence-electron chi connectivity index (χ4n) is 0.902. The maximum absolute atomic E-state index is 8.73. The molecule has 0 aliphatic heterocycles. The summed E-state index contributed by atoms with van der Waals surface area (Å²) >= 11 is 0. The highest BCUT2D eigenvalue weighted by molar-refractivity contribution is 5.35. The van der Waals surface area contributed by atoms with E-state index in [-0.39, 0.29) is 0 Å². The van der Waals surface area contributed by atoms with E-state index in [1.807, 2.05) is 6.07 Å². The molecule has 0 amide bonds. The molecule has 0 bridgehead atoms. The van der Waals surface area contributed by atoms with Crippen molar-refractivity contribution in [1.29, 1.82) is 5.26 Å². The molecule has 1 aromatic rings. The zero-order valence-electron chi connectivity index (χ0n) is 8.40. The molecule has 0 fully saturated rings. The molecule has 0 unspecified atom stereocenters. The molecule has 0 saturated heterocycles. The summed E-state index contributed by atoms with van der Waals surface area (Å²) < 4.78 is 5.34. The van der Waals surface area contributed by atoms with Gasteiger partial charge in [0.25, 0.3) is 5.88 Å². The van der Waals surface area contributed by atoms with Crippen LogP contribution in [0.2, 0.25) is 0 Å². The Labute approximate surface area is 83.5 Å². The Kier molecular flexibility index (Phi) is 3.86. The molecule has 0 atom stereocenters. The zero-order chi connectivity index (χ0) is 10.4. The van der Waals surface area contributed by atoms with Gasteiger partial charge >= 0.3 is 0 Å². The van der Waals surface area contributed by atoms with Crippen LogP contribution in [0, 0.1) is 17.2 Å². The maximum Gasteiger partial charge on any atom is 0.251 e. The molecule has 0 spiro atoms. The van der Waals surface area contributed by atoms with Crippen molar-refractivity contribution < 1.29 is 4.74 Å². The van der Waals surface area contributed by atoms with Gasteiger partial charge in [0, 0.05) is 0 Å². The van der Waals surface area contributed by atoms with Crippen molar-refractivity contribution >= 4 is 0 Å². The van der Waals surface area contributed by atoms with E-state index >= 15 is 0 Å². The van der Waals surface area contributed by atoms with Crippen molar-refractivity contribution in [3.63, 3.8) is 0 Å². The van der Waals surface area contributed by atoms with Gasteiger partial charge in [-0.1, -0.05) is 13.8 Å². The Hall–Kier alpha value is -1.63. The van der Waals surface area contributed by atoms with E-state index in [9.17, 15) is 0 Å². The molecule has 0 aliphatic carbocycles. The molecular weight excluding hydrogens is 178 g/mol. The fourth-order valence-corrected chi connectivity index (χ4v) is 0.902. The summed E-state index contributed by atoms with van der Waals surface area (Å²) in [6.45, 7) is 4.81. The van der Waals surface area contributed by atoms with Gasteiger partial charge in [-0.25, -0.2) is 0 Å². The van der Waals surface area contributed by atoms with Crippen molar-refractivity contribution in [2.75, 3.05) is 6.61 Å². The lowest BCUT2D eigenvalue weighted by Gasteiger charge is -2.06. The van der Waals surface area contributed by atoms with Crippen LogP contribution in [0.5, 0.6) is 5.88 Å². The smallest absolute Gasteiger partial charge is 0.251 e. The van der Waals surface area contributed by atoms with Crippen LogP contribution in [0.15, 0.2) is 12.3 Å². The number of nitrogens with zero attached hydrogens (tertiary/aromatic N) is 3. The minimum atomic E-state index is 0.329. The lowest BCUT2D eigenvalue weighted by atomic mass is 10.1. The summed E-state index contributed by atoms with van der Waals surface area (Å²) in [4.78, 5) is 0. The lowest BCUT2D eigenvalue weighted by Crippen LogP contribution is -2.04. The van der Waals surface area contributed by atoms with Crippen molar-refractivity contribution in [1.82, 2.24) is 10.2 Å². The highest BCUT2D eigenvalue weighted by Crippen LogP contribution is 2.12. The number of nitriles is 1. The second-order valence-corrected chi connectivity index (χ2v) is 3.39. The monoisotopic (exact) mass is 191 g/mol. The lowest BCUT2D eigenvalue weighted by molar-refractivity contribution is 0.275. The van der Waals surface area contributed by atoms with Gasteiger partial charge in [-0.15, -0.1) is 5.10 Å². The molecule has 0 saturated carbocycles. The van der Waals surface area contributed by atoms with Crippen molar-refractivity contribution in [3.05, 3.63) is 17.8 Å². The molecular formula is C10H13N3O. The SMILES string of the molecule is CC(C)CCOc1nnccc1C#N. The molecule has 4 nitrogen and oxygen atoms in total. The number of hydrogen-bond donors (Lipinski definition) is 0. The van der Waals surface area contributed by atoms with Crippen LogP contribution in [0.1, 0.15) is 25.8 Å². The molecule has 0 radical (unpaired) electrons. The van der Waals surface area contributed by atoms with Gasteiger partial charge in [-0.2, -0.15) is 10.4 Å². The molecule has 1 rings (SSSR count). The van der Waals surface area contributed by atoms with Crippen LogP contribution in [-0.2, 0) is 0 Å². The van der Waals surface area contributed by atoms with Crippen LogP contribution in [-0.4, -0.2) is 16.8 Å². The van der Waals surface area contributed by atoms with Crippen LogP contribution < -0.4 is 4.74 Å². The third-order valence-electron chi connectivity index (χ3n) is 1.74. The highest BCUT2D eigenvalue weighted by atomic mass is 16.5. The Bertz CT molecular complexity index is 330. The predicted octanol–water partition coefficient (Wildman–Crippen LogP) is 1.77. The van der Waals surface area contributed by atoms with E-state index in [0.29, 0.717) is 24.0 Å². The van der Waals surface area contributed by atoms with Crippen LogP contribution >= 0.6 is 0 Å². The molecule has 0 N–H and O–H groups in total. The Balaban J connectivity index is 2.54. The maximum atomic E-state index is 8.73. The van der Waals surface area contributed by atoms with E-state index in [0.717, 1.165) is 6.42 Å². The Morgan fingerprint density at radius 3 is 3.00 bits per heavy atom. The van der Waals surface area contributed by atoms with Crippen LogP contribution in [0.4, 0.5) is 0 Å². The molecule has 74 valence electrons. The highest BCUT2D eigenvalue weighted by Gasteiger charge is 2.04. The summed E-state index contributed by atoms with van der Waals surface area (Å²) in [5, 5.41) is 16.1. The molecule has 1 aromatic heterocycles. The summed E-state index contributed by atoms with van der Waals surface area (Å²) in [7, 11) is 0. The number of hydrogen-bond acceptors (Lipinski definition) is 4. The first-order chi connectivity index (χ1) is 6.74. The summed E-state index contributed by atoms with van der Waals surface area (Å²) in [5.74, 6) is 0.910. The third kappa shape index (κ3) is 3.02. The molecule has 1 heterocycles. The molecule has 0 aromatic carbocycles. The van der Waals surface area contributed by atoms with Gasteiger partial charge < -0.3 is 4.74 Å². The van der Waals surface area contributed by atoms with Crippen LogP contribution in [0.25, 0.3) is 0 Å². The number of aromatic nitrogens is 2.